The van der Waals surface area contributed by atoms with E-state index in [2.05, 4.69) is 30.9 Å². The second-order valence-electron chi connectivity index (χ2n) is 3.74. The van der Waals surface area contributed by atoms with Crippen LogP contribution in [0.2, 0.25) is 0 Å². The second-order valence-corrected chi connectivity index (χ2v) is 3.74. The van der Waals surface area contributed by atoms with E-state index >= 15 is 0 Å². The van der Waals surface area contributed by atoms with Crippen LogP contribution in [0.4, 0.5) is 0 Å². The fourth-order valence-electron chi connectivity index (χ4n) is 0.982. The van der Waals surface area contributed by atoms with E-state index in [0.717, 1.165) is 12.4 Å². The van der Waals surface area contributed by atoms with Gasteiger partial charge < -0.3 is 0 Å². The zero-order valence-electron chi connectivity index (χ0n) is 8.28. The lowest BCUT2D eigenvalue weighted by molar-refractivity contribution is 0.348. The highest BCUT2D eigenvalue weighted by atomic mass is 15.3. The van der Waals surface area contributed by atoms with Crippen molar-refractivity contribution in [2.24, 2.45) is 11.8 Å². The van der Waals surface area contributed by atoms with Crippen molar-refractivity contribution in [3.8, 4) is 0 Å². The summed E-state index contributed by atoms with van der Waals surface area (Å²) in [4.78, 5) is 4.08. The lowest BCUT2D eigenvalue weighted by Gasteiger charge is -2.14. The number of hydrogen-bond acceptors (Lipinski definition) is 2. The molecule has 0 amide bonds. The van der Waals surface area contributed by atoms with Crippen molar-refractivity contribution in [1.29, 1.82) is 0 Å². The smallest absolute Gasteiger partial charge is 0.147 e. The van der Waals surface area contributed by atoms with Crippen LogP contribution in [0.1, 0.15) is 26.6 Å². The van der Waals surface area contributed by atoms with E-state index < -0.39 is 0 Å². The quantitative estimate of drug-likeness (QED) is 0.688. The summed E-state index contributed by atoms with van der Waals surface area (Å²) in [6, 6.07) is 0. The number of aromatic nitrogens is 3. The maximum atomic E-state index is 4.24. The van der Waals surface area contributed by atoms with Gasteiger partial charge in [-0.1, -0.05) is 20.8 Å². The number of rotatable bonds is 3. The summed E-state index contributed by atoms with van der Waals surface area (Å²) in [5.41, 5.74) is 0. The Morgan fingerprint density at radius 2 is 2.08 bits per heavy atom. The predicted molar refractivity (Wildman–Crippen MR) is 48.8 cm³/mol. The molecule has 0 aromatic carbocycles. The van der Waals surface area contributed by atoms with Gasteiger partial charge in [0, 0.05) is 6.54 Å². The van der Waals surface area contributed by atoms with E-state index in [1.807, 2.05) is 11.6 Å². The van der Waals surface area contributed by atoms with Crippen LogP contribution in [0.5, 0.6) is 0 Å². The Morgan fingerprint density at radius 3 is 2.50 bits per heavy atom. The van der Waals surface area contributed by atoms with E-state index in [1.54, 1.807) is 6.33 Å². The Balaban J connectivity index is 2.52. The van der Waals surface area contributed by atoms with E-state index in [0.29, 0.717) is 11.8 Å². The van der Waals surface area contributed by atoms with Crippen molar-refractivity contribution in [3.05, 3.63) is 12.2 Å². The van der Waals surface area contributed by atoms with Gasteiger partial charge in [0.05, 0.1) is 0 Å². The first-order chi connectivity index (χ1) is 5.59. The molecule has 0 radical (unpaired) electrons. The summed E-state index contributed by atoms with van der Waals surface area (Å²) in [6.07, 6.45) is 1.80. The van der Waals surface area contributed by atoms with E-state index in [4.69, 9.17) is 0 Å². The molecular weight excluding hydrogens is 150 g/mol. The minimum Gasteiger partial charge on any atom is -0.252 e. The molecule has 0 aliphatic heterocycles. The Morgan fingerprint density at radius 1 is 1.42 bits per heavy atom. The molecule has 0 saturated heterocycles. The fraction of sp³-hybridized carbons (Fsp3) is 0.778. The molecule has 1 rings (SSSR count). The zero-order valence-corrected chi connectivity index (χ0v) is 8.28. The van der Waals surface area contributed by atoms with Crippen molar-refractivity contribution in [2.45, 2.75) is 34.2 Å². The Bertz CT molecular complexity index is 240. The number of hydrogen-bond donors (Lipinski definition) is 0. The van der Waals surface area contributed by atoms with Gasteiger partial charge in [0.15, 0.2) is 0 Å². The van der Waals surface area contributed by atoms with Crippen molar-refractivity contribution in [2.75, 3.05) is 0 Å². The van der Waals surface area contributed by atoms with Crippen molar-refractivity contribution in [1.82, 2.24) is 14.8 Å². The highest BCUT2D eigenvalue weighted by molar-refractivity contribution is 4.75. The third-order valence-corrected chi connectivity index (χ3v) is 2.26. The van der Waals surface area contributed by atoms with Crippen molar-refractivity contribution >= 4 is 0 Å². The maximum Gasteiger partial charge on any atom is 0.147 e. The van der Waals surface area contributed by atoms with Crippen LogP contribution in [-0.2, 0) is 6.54 Å². The highest BCUT2D eigenvalue weighted by Crippen LogP contribution is 2.11. The predicted octanol–water partition coefficient (Wildman–Crippen LogP) is 1.88. The topological polar surface area (TPSA) is 30.7 Å². The molecular formula is C9H17N3. The molecule has 0 aliphatic carbocycles. The molecule has 0 fully saturated rings. The molecule has 3 nitrogen and oxygen atoms in total. The van der Waals surface area contributed by atoms with Crippen LogP contribution in [-0.4, -0.2) is 14.8 Å². The summed E-state index contributed by atoms with van der Waals surface area (Å²) in [6.45, 7) is 9.58. The van der Waals surface area contributed by atoms with Crippen LogP contribution in [0.15, 0.2) is 6.33 Å². The standard InChI is InChI=1S/C9H17N3/c1-7(2)8(3)5-12-6-10-9(4)11-12/h6-8H,5H2,1-4H3. The fourth-order valence-corrected chi connectivity index (χ4v) is 0.982. The molecule has 0 N–H and O–H groups in total. The normalized spacial score (nSPS) is 13.8. The third-order valence-electron chi connectivity index (χ3n) is 2.26. The molecule has 12 heavy (non-hydrogen) atoms. The summed E-state index contributed by atoms with van der Waals surface area (Å²) in [5.74, 6) is 2.21. The molecule has 1 atom stereocenters. The SMILES string of the molecule is Cc1ncn(CC(C)C(C)C)n1. The lowest BCUT2D eigenvalue weighted by atomic mass is 9.98. The van der Waals surface area contributed by atoms with Gasteiger partial charge in [-0.2, -0.15) is 5.10 Å². The molecule has 0 bridgehead atoms. The Hall–Kier alpha value is -0.860. The van der Waals surface area contributed by atoms with Gasteiger partial charge in [-0.05, 0) is 18.8 Å². The van der Waals surface area contributed by atoms with Gasteiger partial charge >= 0.3 is 0 Å². The number of nitrogens with zero attached hydrogens (tertiary/aromatic N) is 3. The molecule has 1 aromatic heterocycles. The van der Waals surface area contributed by atoms with E-state index in [9.17, 15) is 0 Å². The van der Waals surface area contributed by atoms with Gasteiger partial charge in [-0.3, -0.25) is 4.68 Å². The first-order valence-corrected chi connectivity index (χ1v) is 4.45. The highest BCUT2D eigenvalue weighted by Gasteiger charge is 2.08. The Labute approximate surface area is 73.8 Å². The van der Waals surface area contributed by atoms with Crippen molar-refractivity contribution < 1.29 is 0 Å². The van der Waals surface area contributed by atoms with E-state index in [-0.39, 0.29) is 0 Å². The summed E-state index contributed by atoms with van der Waals surface area (Å²) < 4.78 is 1.92. The lowest BCUT2D eigenvalue weighted by Crippen LogP contribution is -2.13. The van der Waals surface area contributed by atoms with Crippen molar-refractivity contribution in [3.63, 3.8) is 0 Å². The minimum atomic E-state index is 0.658. The second kappa shape index (κ2) is 3.70. The van der Waals surface area contributed by atoms with Gasteiger partial charge in [0.25, 0.3) is 0 Å². The molecule has 1 heterocycles. The van der Waals surface area contributed by atoms with Crippen LogP contribution < -0.4 is 0 Å². The molecule has 1 aromatic rings. The maximum absolute atomic E-state index is 4.24. The van der Waals surface area contributed by atoms with Gasteiger partial charge in [0.2, 0.25) is 0 Å². The summed E-state index contributed by atoms with van der Waals surface area (Å²) >= 11 is 0. The van der Waals surface area contributed by atoms with Crippen LogP contribution >= 0.6 is 0 Å². The monoisotopic (exact) mass is 167 g/mol. The Kier molecular flexibility index (Phi) is 2.84. The van der Waals surface area contributed by atoms with E-state index in [1.165, 1.54) is 0 Å². The largest absolute Gasteiger partial charge is 0.252 e. The summed E-state index contributed by atoms with van der Waals surface area (Å²) in [7, 11) is 0. The van der Waals surface area contributed by atoms with Gasteiger partial charge in [-0.15, -0.1) is 0 Å². The molecule has 68 valence electrons. The average Bonchev–Trinajstić information content (AvgIpc) is 2.35. The van der Waals surface area contributed by atoms with Gasteiger partial charge in [0.1, 0.15) is 12.2 Å². The minimum absolute atomic E-state index is 0.658. The average molecular weight is 167 g/mol. The van der Waals surface area contributed by atoms with Crippen LogP contribution in [0, 0.1) is 18.8 Å². The molecule has 1 unspecified atom stereocenters. The van der Waals surface area contributed by atoms with Crippen LogP contribution in [0.25, 0.3) is 0 Å². The first-order valence-electron chi connectivity index (χ1n) is 4.45. The molecule has 3 heteroatoms. The zero-order chi connectivity index (χ0) is 9.14. The molecule has 0 saturated carbocycles. The first kappa shape index (κ1) is 9.23. The molecule has 0 spiro atoms. The molecule has 0 aliphatic rings. The van der Waals surface area contributed by atoms with Gasteiger partial charge in [-0.25, -0.2) is 4.98 Å². The van der Waals surface area contributed by atoms with Crippen LogP contribution in [0.3, 0.4) is 0 Å². The summed E-state index contributed by atoms with van der Waals surface area (Å²) in [5, 5.41) is 4.24. The third kappa shape index (κ3) is 2.32. The number of aryl methyl sites for hydroxylation is 1.